The van der Waals surface area contributed by atoms with E-state index >= 15 is 0 Å². The highest BCUT2D eigenvalue weighted by Crippen LogP contribution is 2.28. The Balaban J connectivity index is 2.31. The molecule has 7 heteroatoms. The van der Waals surface area contributed by atoms with Crippen LogP contribution >= 0.6 is 0 Å². The van der Waals surface area contributed by atoms with Gasteiger partial charge in [0.1, 0.15) is 5.69 Å². The van der Waals surface area contributed by atoms with Gasteiger partial charge < -0.3 is 10.4 Å². The average molecular weight is 287 g/mol. The van der Waals surface area contributed by atoms with Gasteiger partial charge in [0.25, 0.3) is 5.69 Å². The number of aromatic carboxylic acids is 1. The third-order valence-electron chi connectivity index (χ3n) is 2.94. The Kier molecular flexibility index (Phi) is 4.13. The van der Waals surface area contributed by atoms with Crippen molar-refractivity contribution in [3.63, 3.8) is 0 Å². The van der Waals surface area contributed by atoms with Gasteiger partial charge in [0.05, 0.1) is 22.2 Å². The van der Waals surface area contributed by atoms with Gasteiger partial charge in [0.15, 0.2) is 0 Å². The number of pyridine rings is 1. The number of nitrogens with zero attached hydrogens (tertiary/aromatic N) is 2. The van der Waals surface area contributed by atoms with Gasteiger partial charge in [-0.2, -0.15) is 0 Å². The van der Waals surface area contributed by atoms with Crippen molar-refractivity contribution in [3.8, 4) is 0 Å². The molecule has 0 spiro atoms. The van der Waals surface area contributed by atoms with Crippen LogP contribution < -0.4 is 5.32 Å². The van der Waals surface area contributed by atoms with Gasteiger partial charge in [-0.25, -0.2) is 4.79 Å². The van der Waals surface area contributed by atoms with E-state index in [1.54, 1.807) is 18.3 Å². The fourth-order valence-corrected chi connectivity index (χ4v) is 1.88. The molecular formula is C14H13N3O4. The van der Waals surface area contributed by atoms with Crippen LogP contribution in [0.15, 0.2) is 42.6 Å². The smallest absolute Gasteiger partial charge is 0.335 e. The van der Waals surface area contributed by atoms with Crippen LogP contribution in [-0.4, -0.2) is 21.0 Å². The molecule has 0 bridgehead atoms. The minimum Gasteiger partial charge on any atom is -0.478 e. The van der Waals surface area contributed by atoms with E-state index in [4.69, 9.17) is 5.11 Å². The van der Waals surface area contributed by atoms with Crippen LogP contribution in [0.3, 0.4) is 0 Å². The lowest BCUT2D eigenvalue weighted by atomic mass is 10.1. The van der Waals surface area contributed by atoms with Crippen molar-refractivity contribution in [1.82, 2.24) is 4.98 Å². The van der Waals surface area contributed by atoms with Crippen LogP contribution in [0.1, 0.15) is 29.0 Å². The highest BCUT2D eigenvalue weighted by atomic mass is 16.6. The lowest BCUT2D eigenvalue weighted by Crippen LogP contribution is -2.10. The molecule has 1 aromatic carbocycles. The highest BCUT2D eigenvalue weighted by Gasteiger charge is 2.19. The molecule has 0 saturated heterocycles. The molecule has 21 heavy (non-hydrogen) atoms. The molecule has 7 nitrogen and oxygen atoms in total. The van der Waals surface area contributed by atoms with Gasteiger partial charge in [-0.1, -0.05) is 6.07 Å². The summed E-state index contributed by atoms with van der Waals surface area (Å²) < 4.78 is 0. The molecule has 0 unspecified atom stereocenters. The number of benzene rings is 1. The Morgan fingerprint density at radius 3 is 2.71 bits per heavy atom. The van der Waals surface area contributed by atoms with Crippen molar-refractivity contribution in [2.24, 2.45) is 0 Å². The monoisotopic (exact) mass is 287 g/mol. The van der Waals surface area contributed by atoms with Crippen molar-refractivity contribution in [2.75, 3.05) is 5.32 Å². The zero-order chi connectivity index (χ0) is 15.4. The molecule has 1 aromatic heterocycles. The zero-order valence-corrected chi connectivity index (χ0v) is 11.2. The molecule has 0 radical (unpaired) electrons. The minimum absolute atomic E-state index is 0.127. The maximum atomic E-state index is 11.1. The first-order chi connectivity index (χ1) is 9.99. The predicted octanol–water partition coefficient (Wildman–Crippen LogP) is 2.86. The minimum atomic E-state index is -1.21. The predicted molar refractivity (Wildman–Crippen MR) is 76.3 cm³/mol. The molecule has 1 atom stereocenters. The van der Waals surface area contributed by atoms with Gasteiger partial charge >= 0.3 is 5.97 Å². The summed E-state index contributed by atoms with van der Waals surface area (Å²) in [5, 5.41) is 22.9. The molecule has 0 aliphatic heterocycles. The molecule has 2 rings (SSSR count). The van der Waals surface area contributed by atoms with Crippen molar-refractivity contribution >= 4 is 17.3 Å². The van der Waals surface area contributed by atoms with Gasteiger partial charge in [-0.15, -0.1) is 0 Å². The van der Waals surface area contributed by atoms with Gasteiger partial charge in [0.2, 0.25) is 0 Å². The molecule has 0 aliphatic rings. The van der Waals surface area contributed by atoms with E-state index in [0.29, 0.717) is 0 Å². The Hall–Kier alpha value is -2.96. The number of aromatic nitrogens is 1. The number of nitro groups is 1. The second kappa shape index (κ2) is 6.00. The lowest BCUT2D eigenvalue weighted by molar-refractivity contribution is -0.384. The first-order valence-corrected chi connectivity index (χ1v) is 6.18. The number of rotatable bonds is 5. The Bertz CT molecular complexity index is 673. The summed E-state index contributed by atoms with van der Waals surface area (Å²) in [5.41, 5.74) is 0.577. The van der Waals surface area contributed by atoms with E-state index in [1.807, 2.05) is 13.0 Å². The topological polar surface area (TPSA) is 105 Å². The van der Waals surface area contributed by atoms with Crippen molar-refractivity contribution in [1.29, 1.82) is 0 Å². The molecule has 0 fully saturated rings. The van der Waals surface area contributed by atoms with Crippen LogP contribution in [0.4, 0.5) is 11.4 Å². The summed E-state index contributed by atoms with van der Waals surface area (Å²) in [5.74, 6) is -1.21. The fraction of sp³-hybridized carbons (Fsp3) is 0.143. The second-order valence-electron chi connectivity index (χ2n) is 4.41. The maximum Gasteiger partial charge on any atom is 0.335 e. The van der Waals surface area contributed by atoms with Gasteiger partial charge in [0, 0.05) is 12.3 Å². The number of hydrogen-bond donors (Lipinski definition) is 2. The molecule has 1 heterocycles. The third kappa shape index (κ3) is 3.33. The zero-order valence-electron chi connectivity index (χ0n) is 11.2. The van der Waals surface area contributed by atoms with Crippen LogP contribution in [0.25, 0.3) is 0 Å². The van der Waals surface area contributed by atoms with Crippen LogP contribution in [0.5, 0.6) is 0 Å². The Labute approximate surface area is 120 Å². The molecule has 0 aliphatic carbocycles. The lowest BCUT2D eigenvalue weighted by Gasteiger charge is -2.14. The van der Waals surface area contributed by atoms with Crippen LogP contribution in [-0.2, 0) is 0 Å². The third-order valence-corrected chi connectivity index (χ3v) is 2.94. The number of anilines is 1. The summed E-state index contributed by atoms with van der Waals surface area (Å²) >= 11 is 0. The summed E-state index contributed by atoms with van der Waals surface area (Å²) in [7, 11) is 0. The SMILES string of the molecule is C[C@@H](Nc1ccc(C(=O)O)cc1[N+](=O)[O-])c1ccccn1. The summed E-state index contributed by atoms with van der Waals surface area (Å²) in [6, 6.07) is 8.90. The van der Waals surface area contributed by atoms with Crippen molar-refractivity contribution < 1.29 is 14.8 Å². The second-order valence-corrected chi connectivity index (χ2v) is 4.41. The van der Waals surface area contributed by atoms with Crippen LogP contribution in [0, 0.1) is 10.1 Å². The van der Waals surface area contributed by atoms with E-state index in [2.05, 4.69) is 10.3 Å². The van der Waals surface area contributed by atoms with E-state index in [1.165, 1.54) is 12.1 Å². The van der Waals surface area contributed by atoms with Gasteiger partial charge in [-0.3, -0.25) is 15.1 Å². The number of hydrogen-bond acceptors (Lipinski definition) is 5. The number of nitrogens with one attached hydrogen (secondary N) is 1. The molecule has 0 saturated carbocycles. The number of carboxylic acid groups (broad SMARTS) is 1. The van der Waals surface area contributed by atoms with E-state index in [9.17, 15) is 14.9 Å². The number of nitro benzene ring substituents is 1. The number of carbonyl (C=O) groups is 1. The van der Waals surface area contributed by atoms with Crippen molar-refractivity contribution in [3.05, 3.63) is 64.0 Å². The Morgan fingerprint density at radius 1 is 1.38 bits per heavy atom. The fourth-order valence-electron chi connectivity index (χ4n) is 1.88. The maximum absolute atomic E-state index is 11.1. The Morgan fingerprint density at radius 2 is 2.14 bits per heavy atom. The first kappa shape index (κ1) is 14.4. The molecular weight excluding hydrogens is 274 g/mol. The molecule has 2 N–H and O–H groups in total. The summed E-state index contributed by atoms with van der Waals surface area (Å²) in [4.78, 5) is 25.5. The largest absolute Gasteiger partial charge is 0.478 e. The first-order valence-electron chi connectivity index (χ1n) is 6.18. The molecule has 2 aromatic rings. The molecule has 108 valence electrons. The normalized spacial score (nSPS) is 11.7. The van der Waals surface area contributed by atoms with E-state index in [-0.39, 0.29) is 23.0 Å². The number of carboxylic acids is 1. The summed E-state index contributed by atoms with van der Waals surface area (Å²) in [6.45, 7) is 1.82. The quantitative estimate of drug-likeness (QED) is 0.647. The average Bonchev–Trinajstić information content (AvgIpc) is 2.48. The van der Waals surface area contributed by atoms with E-state index < -0.39 is 10.9 Å². The summed E-state index contributed by atoms with van der Waals surface area (Å²) in [6.07, 6.45) is 1.63. The molecule has 0 amide bonds. The van der Waals surface area contributed by atoms with E-state index in [0.717, 1.165) is 11.8 Å². The van der Waals surface area contributed by atoms with Crippen LogP contribution in [0.2, 0.25) is 0 Å². The standard InChI is InChI=1S/C14H13N3O4/c1-9(11-4-2-3-7-15-11)16-12-6-5-10(14(18)19)8-13(12)17(20)21/h2-9,16H,1H3,(H,18,19)/t9-/m1/s1. The van der Waals surface area contributed by atoms with Crippen molar-refractivity contribution in [2.45, 2.75) is 13.0 Å². The van der Waals surface area contributed by atoms with Gasteiger partial charge in [-0.05, 0) is 31.2 Å². The highest BCUT2D eigenvalue weighted by molar-refractivity contribution is 5.89.